The third kappa shape index (κ3) is 1.05. The molecule has 0 unspecified atom stereocenters. The van der Waals surface area contributed by atoms with Crippen molar-refractivity contribution >= 4 is 0 Å². The normalized spacial score (nSPS) is 26.0. The van der Waals surface area contributed by atoms with Gasteiger partial charge in [0.05, 0.1) is 0 Å². The van der Waals surface area contributed by atoms with Crippen molar-refractivity contribution in [2.24, 2.45) is 5.92 Å². The largest absolute Gasteiger partial charge is 0.203 e. The Morgan fingerprint density at radius 3 is 2.38 bits per heavy atom. The predicted octanol–water partition coefficient (Wildman–Crippen LogP) is 3.46. The monoisotopic (exact) mass is 228 g/mol. The molecule has 0 aromatic heterocycles. The molecule has 0 saturated carbocycles. The van der Waals surface area contributed by atoms with E-state index in [-0.39, 0.29) is 29.4 Å². The molecule has 2 aliphatic carbocycles. The van der Waals surface area contributed by atoms with Crippen LogP contribution in [0.25, 0.3) is 0 Å². The van der Waals surface area contributed by atoms with E-state index in [9.17, 15) is 17.6 Å². The highest BCUT2D eigenvalue weighted by Gasteiger charge is 2.40. The smallest absolute Gasteiger partial charge is 0.197 e. The minimum absolute atomic E-state index is 0.00995. The second kappa shape index (κ2) is 3.09. The molecule has 0 radical (unpaired) electrons. The summed E-state index contributed by atoms with van der Waals surface area (Å²) in [5.74, 6) is -6.06. The summed E-state index contributed by atoms with van der Waals surface area (Å²) >= 11 is 0. The van der Waals surface area contributed by atoms with E-state index in [2.05, 4.69) is 0 Å². The maximum atomic E-state index is 13.6. The number of allylic oxidation sites excluding steroid dienone is 2. The Balaban J connectivity index is 2.27. The van der Waals surface area contributed by atoms with E-state index in [0.29, 0.717) is 6.42 Å². The molecule has 1 aromatic rings. The first-order valence-corrected chi connectivity index (χ1v) is 5.12. The molecule has 0 bridgehead atoms. The molecule has 1 aromatic carbocycles. The molecule has 0 fully saturated rings. The molecule has 0 heterocycles. The molecule has 3 rings (SSSR count). The molecular formula is C12H8F4. The van der Waals surface area contributed by atoms with Gasteiger partial charge in [-0.15, -0.1) is 0 Å². The summed E-state index contributed by atoms with van der Waals surface area (Å²) in [6.45, 7) is 0. The maximum Gasteiger partial charge on any atom is 0.197 e. The van der Waals surface area contributed by atoms with Crippen molar-refractivity contribution in [1.29, 1.82) is 0 Å². The van der Waals surface area contributed by atoms with Crippen LogP contribution < -0.4 is 0 Å². The van der Waals surface area contributed by atoms with Gasteiger partial charge < -0.3 is 0 Å². The first kappa shape index (κ1) is 9.87. The molecule has 4 heteroatoms. The molecule has 0 saturated heterocycles. The lowest BCUT2D eigenvalue weighted by molar-refractivity contribution is 0.400. The Morgan fingerprint density at radius 2 is 1.62 bits per heavy atom. The first-order chi connectivity index (χ1) is 7.61. The van der Waals surface area contributed by atoms with Gasteiger partial charge in [-0.1, -0.05) is 12.2 Å². The number of halogens is 4. The van der Waals surface area contributed by atoms with Crippen LogP contribution in [0.1, 0.15) is 23.5 Å². The van der Waals surface area contributed by atoms with Gasteiger partial charge in [0.2, 0.25) is 0 Å². The van der Waals surface area contributed by atoms with E-state index in [0.717, 1.165) is 0 Å². The Hall–Kier alpha value is -1.32. The van der Waals surface area contributed by atoms with Crippen molar-refractivity contribution in [2.75, 3.05) is 0 Å². The number of fused-ring (bicyclic) bond motifs is 3. The molecule has 0 N–H and O–H groups in total. The predicted molar refractivity (Wildman–Crippen MR) is 50.0 cm³/mol. The quantitative estimate of drug-likeness (QED) is 0.276. The van der Waals surface area contributed by atoms with Crippen LogP contribution in [0.3, 0.4) is 0 Å². The van der Waals surface area contributed by atoms with E-state index in [1.165, 1.54) is 0 Å². The highest BCUT2D eigenvalue weighted by Crippen LogP contribution is 2.47. The third-order valence-electron chi connectivity index (χ3n) is 3.51. The van der Waals surface area contributed by atoms with Crippen molar-refractivity contribution in [3.05, 3.63) is 46.5 Å². The standard InChI is InChI=1S/C12H8F4/c13-9-7-4-5-2-1-3-6(5)8(7)10(14)12(16)11(9)15/h1-2,5-6H,3-4H2/t5-,6-/m1/s1. The molecule has 0 amide bonds. The molecule has 16 heavy (non-hydrogen) atoms. The summed E-state index contributed by atoms with van der Waals surface area (Å²) in [4.78, 5) is 0. The zero-order valence-corrected chi connectivity index (χ0v) is 8.24. The fourth-order valence-corrected chi connectivity index (χ4v) is 2.77. The summed E-state index contributed by atoms with van der Waals surface area (Å²) < 4.78 is 53.1. The molecule has 84 valence electrons. The van der Waals surface area contributed by atoms with E-state index in [1.807, 2.05) is 12.2 Å². The van der Waals surface area contributed by atoms with E-state index >= 15 is 0 Å². The van der Waals surface area contributed by atoms with Crippen molar-refractivity contribution in [3.8, 4) is 0 Å². The maximum absolute atomic E-state index is 13.6. The van der Waals surface area contributed by atoms with Crippen LogP contribution >= 0.6 is 0 Å². The van der Waals surface area contributed by atoms with E-state index in [1.54, 1.807) is 0 Å². The van der Waals surface area contributed by atoms with Gasteiger partial charge in [0, 0.05) is 5.56 Å². The zero-order chi connectivity index (χ0) is 11.4. The van der Waals surface area contributed by atoms with Gasteiger partial charge in [0.15, 0.2) is 23.3 Å². The average Bonchev–Trinajstić information content (AvgIpc) is 2.82. The van der Waals surface area contributed by atoms with Gasteiger partial charge in [-0.05, 0) is 30.2 Å². The summed E-state index contributed by atoms with van der Waals surface area (Å²) in [6.07, 6.45) is 4.56. The van der Waals surface area contributed by atoms with Gasteiger partial charge in [-0.2, -0.15) is 0 Å². The topological polar surface area (TPSA) is 0 Å². The van der Waals surface area contributed by atoms with Crippen LogP contribution in [0.4, 0.5) is 17.6 Å². The Morgan fingerprint density at radius 1 is 0.938 bits per heavy atom. The zero-order valence-electron chi connectivity index (χ0n) is 8.24. The molecule has 0 aliphatic heterocycles. The van der Waals surface area contributed by atoms with Crippen molar-refractivity contribution in [3.63, 3.8) is 0 Å². The van der Waals surface area contributed by atoms with Gasteiger partial charge >= 0.3 is 0 Å². The number of benzene rings is 1. The summed E-state index contributed by atoms with van der Waals surface area (Å²) in [7, 11) is 0. The van der Waals surface area contributed by atoms with Gasteiger partial charge in [-0.3, -0.25) is 0 Å². The second-order valence-electron chi connectivity index (χ2n) is 4.29. The Kier molecular flexibility index (Phi) is 1.91. The lowest BCUT2D eigenvalue weighted by atomic mass is 9.95. The van der Waals surface area contributed by atoms with Crippen LogP contribution in [0, 0.1) is 29.2 Å². The highest BCUT2D eigenvalue weighted by atomic mass is 19.2. The van der Waals surface area contributed by atoms with Gasteiger partial charge in [0.1, 0.15) is 0 Å². The van der Waals surface area contributed by atoms with E-state index < -0.39 is 23.3 Å². The summed E-state index contributed by atoms with van der Waals surface area (Å²) in [5, 5.41) is 0. The minimum atomic E-state index is -1.69. The highest BCUT2D eigenvalue weighted by molar-refractivity contribution is 5.43. The van der Waals surface area contributed by atoms with Crippen LogP contribution in [0.2, 0.25) is 0 Å². The van der Waals surface area contributed by atoms with Crippen LogP contribution in [-0.4, -0.2) is 0 Å². The Bertz CT molecular complexity index is 504. The van der Waals surface area contributed by atoms with Crippen LogP contribution in [0.15, 0.2) is 12.2 Å². The molecular weight excluding hydrogens is 220 g/mol. The average molecular weight is 228 g/mol. The summed E-state index contributed by atoms with van der Waals surface area (Å²) in [5.41, 5.74) is 0.0437. The number of rotatable bonds is 0. The van der Waals surface area contributed by atoms with Crippen LogP contribution in [-0.2, 0) is 6.42 Å². The van der Waals surface area contributed by atoms with Gasteiger partial charge in [-0.25, -0.2) is 17.6 Å². The molecule has 0 nitrogen and oxygen atoms in total. The second-order valence-corrected chi connectivity index (χ2v) is 4.29. The fourth-order valence-electron chi connectivity index (χ4n) is 2.77. The van der Waals surface area contributed by atoms with Crippen molar-refractivity contribution in [2.45, 2.75) is 18.8 Å². The molecule has 2 atom stereocenters. The lowest BCUT2D eigenvalue weighted by Gasteiger charge is -2.11. The van der Waals surface area contributed by atoms with Crippen LogP contribution in [0.5, 0.6) is 0 Å². The fraction of sp³-hybridized carbons (Fsp3) is 0.333. The number of hydrogen-bond acceptors (Lipinski definition) is 0. The first-order valence-electron chi connectivity index (χ1n) is 5.12. The SMILES string of the molecule is Fc1c(F)c(F)c2c(c1F)C[C@H]1C=CC[C@@H]21. The van der Waals surface area contributed by atoms with E-state index in [4.69, 9.17) is 0 Å². The third-order valence-corrected chi connectivity index (χ3v) is 3.51. The number of hydrogen-bond donors (Lipinski definition) is 0. The lowest BCUT2D eigenvalue weighted by Crippen LogP contribution is -2.05. The van der Waals surface area contributed by atoms with Crippen molar-refractivity contribution in [1.82, 2.24) is 0 Å². The minimum Gasteiger partial charge on any atom is -0.203 e. The van der Waals surface area contributed by atoms with Crippen molar-refractivity contribution < 1.29 is 17.6 Å². The Labute approximate surface area is 89.6 Å². The molecule has 2 aliphatic rings. The molecule has 0 spiro atoms. The van der Waals surface area contributed by atoms with Gasteiger partial charge in [0.25, 0.3) is 0 Å². The summed E-state index contributed by atoms with van der Waals surface area (Å²) in [6, 6.07) is 0.